The summed E-state index contributed by atoms with van der Waals surface area (Å²) in [7, 11) is 2.26. The van der Waals surface area contributed by atoms with Crippen LogP contribution in [0, 0.1) is 5.92 Å². The Kier molecular flexibility index (Phi) is 4.22. The number of likely N-dealkylation sites (N-methyl/N-ethyl adjacent to an activating group) is 1. The third-order valence-electron chi connectivity index (χ3n) is 4.42. The minimum Gasteiger partial charge on any atom is -0.381 e. The molecule has 0 amide bonds. The topological polar surface area (TPSA) is 38.5 Å². The van der Waals surface area contributed by atoms with Gasteiger partial charge in [-0.3, -0.25) is 4.90 Å². The molecule has 0 aromatic heterocycles. The Labute approximate surface area is 99.3 Å². The van der Waals surface area contributed by atoms with Crippen molar-refractivity contribution in [2.75, 3.05) is 20.3 Å². The van der Waals surface area contributed by atoms with Crippen molar-refractivity contribution in [3.8, 4) is 0 Å². The lowest BCUT2D eigenvalue weighted by molar-refractivity contribution is 0.0133. The first-order chi connectivity index (χ1) is 7.68. The van der Waals surface area contributed by atoms with Crippen LogP contribution in [0.2, 0.25) is 0 Å². The Balaban J connectivity index is 1.93. The smallest absolute Gasteiger partial charge is 0.0480 e. The number of nitrogens with two attached hydrogens (primary N) is 1. The molecule has 2 aliphatic rings. The molecule has 2 rings (SSSR count). The molecule has 3 unspecified atom stereocenters. The van der Waals surface area contributed by atoms with E-state index >= 15 is 0 Å². The van der Waals surface area contributed by atoms with E-state index in [9.17, 15) is 0 Å². The van der Waals surface area contributed by atoms with Gasteiger partial charge in [0.25, 0.3) is 0 Å². The molecular formula is C13H26N2O. The van der Waals surface area contributed by atoms with Crippen LogP contribution in [0.15, 0.2) is 0 Å². The van der Waals surface area contributed by atoms with Crippen molar-refractivity contribution in [2.24, 2.45) is 11.7 Å². The van der Waals surface area contributed by atoms with Gasteiger partial charge < -0.3 is 10.5 Å². The monoisotopic (exact) mass is 226 g/mol. The highest BCUT2D eigenvalue weighted by molar-refractivity contribution is 4.90. The molecule has 3 heteroatoms. The molecule has 1 heterocycles. The van der Waals surface area contributed by atoms with Crippen LogP contribution < -0.4 is 5.73 Å². The van der Waals surface area contributed by atoms with Crippen LogP contribution >= 0.6 is 0 Å². The molecule has 1 saturated heterocycles. The van der Waals surface area contributed by atoms with Gasteiger partial charge in [-0.25, -0.2) is 0 Å². The lowest BCUT2D eigenvalue weighted by Crippen LogP contribution is -2.53. The third-order valence-corrected chi connectivity index (χ3v) is 4.42. The maximum atomic E-state index is 6.28. The fourth-order valence-corrected chi connectivity index (χ4v) is 3.21. The number of nitrogens with zero attached hydrogens (tertiary/aromatic N) is 1. The Morgan fingerprint density at radius 3 is 2.50 bits per heavy atom. The van der Waals surface area contributed by atoms with Crippen LogP contribution in [0.4, 0.5) is 0 Å². The summed E-state index contributed by atoms with van der Waals surface area (Å²) < 4.78 is 5.43. The van der Waals surface area contributed by atoms with Crippen LogP contribution in [0.1, 0.15) is 39.0 Å². The average Bonchev–Trinajstić information content (AvgIpc) is 2.32. The molecule has 1 aliphatic heterocycles. The molecule has 0 aromatic carbocycles. The fourth-order valence-electron chi connectivity index (χ4n) is 3.21. The Morgan fingerprint density at radius 2 is 1.81 bits per heavy atom. The summed E-state index contributed by atoms with van der Waals surface area (Å²) >= 11 is 0. The molecule has 0 radical (unpaired) electrons. The molecule has 94 valence electrons. The zero-order valence-electron chi connectivity index (χ0n) is 10.7. The lowest BCUT2D eigenvalue weighted by Gasteiger charge is -2.43. The van der Waals surface area contributed by atoms with Crippen molar-refractivity contribution in [3.63, 3.8) is 0 Å². The minimum atomic E-state index is 0.379. The SMILES string of the molecule is CC1CCC(N)C(N(C)C2CCOCC2)C1. The zero-order chi connectivity index (χ0) is 11.5. The lowest BCUT2D eigenvalue weighted by atomic mass is 9.82. The number of hydrogen-bond donors (Lipinski definition) is 1. The molecule has 0 spiro atoms. The van der Waals surface area contributed by atoms with Crippen LogP contribution in [-0.4, -0.2) is 43.3 Å². The molecule has 3 atom stereocenters. The molecule has 0 bridgehead atoms. The summed E-state index contributed by atoms with van der Waals surface area (Å²) in [6, 6.07) is 1.66. The molecule has 0 aromatic rings. The van der Waals surface area contributed by atoms with Gasteiger partial charge in [0.2, 0.25) is 0 Å². The van der Waals surface area contributed by atoms with E-state index < -0.39 is 0 Å². The molecule has 2 N–H and O–H groups in total. The summed E-state index contributed by atoms with van der Waals surface area (Å²) in [6.45, 7) is 4.20. The summed E-state index contributed by atoms with van der Waals surface area (Å²) in [5.74, 6) is 0.840. The van der Waals surface area contributed by atoms with Crippen LogP contribution in [0.3, 0.4) is 0 Å². The van der Waals surface area contributed by atoms with Crippen LogP contribution in [-0.2, 0) is 4.74 Å². The largest absolute Gasteiger partial charge is 0.381 e. The van der Waals surface area contributed by atoms with Crippen LogP contribution in [0.5, 0.6) is 0 Å². The minimum absolute atomic E-state index is 0.379. The van der Waals surface area contributed by atoms with E-state index in [4.69, 9.17) is 10.5 Å². The highest BCUT2D eigenvalue weighted by Crippen LogP contribution is 2.28. The second-order valence-electron chi connectivity index (χ2n) is 5.66. The molecule has 1 aliphatic carbocycles. The highest BCUT2D eigenvalue weighted by atomic mass is 16.5. The Hall–Kier alpha value is -0.120. The molecular weight excluding hydrogens is 200 g/mol. The molecule has 1 saturated carbocycles. The van der Waals surface area contributed by atoms with E-state index in [1.807, 2.05) is 0 Å². The summed E-state index contributed by atoms with van der Waals surface area (Å²) in [5.41, 5.74) is 6.28. The van der Waals surface area contributed by atoms with Crippen molar-refractivity contribution < 1.29 is 4.74 Å². The van der Waals surface area contributed by atoms with E-state index in [0.29, 0.717) is 18.1 Å². The van der Waals surface area contributed by atoms with E-state index in [2.05, 4.69) is 18.9 Å². The van der Waals surface area contributed by atoms with Gasteiger partial charge in [-0.2, -0.15) is 0 Å². The fraction of sp³-hybridized carbons (Fsp3) is 1.00. The second kappa shape index (κ2) is 5.48. The van der Waals surface area contributed by atoms with E-state index in [-0.39, 0.29) is 0 Å². The first kappa shape index (κ1) is 12.3. The number of rotatable bonds is 2. The van der Waals surface area contributed by atoms with Gasteiger partial charge in [-0.05, 0) is 45.1 Å². The second-order valence-corrected chi connectivity index (χ2v) is 5.66. The molecule has 2 fully saturated rings. The zero-order valence-corrected chi connectivity index (χ0v) is 10.7. The van der Waals surface area contributed by atoms with Gasteiger partial charge in [0.05, 0.1) is 0 Å². The van der Waals surface area contributed by atoms with Gasteiger partial charge in [-0.15, -0.1) is 0 Å². The Morgan fingerprint density at radius 1 is 1.12 bits per heavy atom. The highest BCUT2D eigenvalue weighted by Gasteiger charge is 2.32. The van der Waals surface area contributed by atoms with Crippen molar-refractivity contribution in [2.45, 2.75) is 57.2 Å². The van der Waals surface area contributed by atoms with Crippen LogP contribution in [0.25, 0.3) is 0 Å². The van der Waals surface area contributed by atoms with Gasteiger partial charge >= 0.3 is 0 Å². The predicted octanol–water partition coefficient (Wildman–Crippen LogP) is 1.61. The standard InChI is InChI=1S/C13H26N2O/c1-10-3-4-12(14)13(9-10)15(2)11-5-7-16-8-6-11/h10-13H,3-9,14H2,1-2H3. The first-order valence-electron chi connectivity index (χ1n) is 6.73. The molecule has 3 nitrogen and oxygen atoms in total. The van der Waals surface area contributed by atoms with Crippen molar-refractivity contribution in [1.29, 1.82) is 0 Å². The molecule has 16 heavy (non-hydrogen) atoms. The van der Waals surface area contributed by atoms with Gasteiger partial charge in [0, 0.05) is 31.3 Å². The normalized spacial score (nSPS) is 37.9. The van der Waals surface area contributed by atoms with Gasteiger partial charge in [0.15, 0.2) is 0 Å². The summed E-state index contributed by atoms with van der Waals surface area (Å²) in [5, 5.41) is 0. The Bertz CT molecular complexity index is 216. The van der Waals surface area contributed by atoms with Gasteiger partial charge in [-0.1, -0.05) is 6.92 Å². The van der Waals surface area contributed by atoms with Crippen molar-refractivity contribution >= 4 is 0 Å². The van der Waals surface area contributed by atoms with Crippen molar-refractivity contribution in [3.05, 3.63) is 0 Å². The summed E-state index contributed by atoms with van der Waals surface area (Å²) in [6.07, 6.45) is 6.12. The van der Waals surface area contributed by atoms with E-state index in [1.54, 1.807) is 0 Å². The van der Waals surface area contributed by atoms with Crippen molar-refractivity contribution in [1.82, 2.24) is 4.90 Å². The van der Waals surface area contributed by atoms with Gasteiger partial charge in [0.1, 0.15) is 0 Å². The first-order valence-corrected chi connectivity index (χ1v) is 6.73. The quantitative estimate of drug-likeness (QED) is 0.777. The predicted molar refractivity (Wildman–Crippen MR) is 66.4 cm³/mol. The third kappa shape index (κ3) is 2.76. The number of hydrogen-bond acceptors (Lipinski definition) is 3. The van der Waals surface area contributed by atoms with E-state index in [1.165, 1.54) is 32.1 Å². The number of ether oxygens (including phenoxy) is 1. The maximum Gasteiger partial charge on any atom is 0.0480 e. The summed E-state index contributed by atoms with van der Waals surface area (Å²) in [4.78, 5) is 2.54. The average molecular weight is 226 g/mol. The maximum absolute atomic E-state index is 6.28. The van der Waals surface area contributed by atoms with E-state index in [0.717, 1.165) is 19.1 Å².